The predicted octanol–water partition coefficient (Wildman–Crippen LogP) is 6.76. The summed E-state index contributed by atoms with van der Waals surface area (Å²) < 4.78 is 7.92. The van der Waals surface area contributed by atoms with Crippen molar-refractivity contribution in [2.75, 3.05) is 6.61 Å². The number of benzene rings is 3. The summed E-state index contributed by atoms with van der Waals surface area (Å²) in [6.07, 6.45) is 0.390. The van der Waals surface area contributed by atoms with Crippen LogP contribution in [0.1, 0.15) is 43.0 Å². The summed E-state index contributed by atoms with van der Waals surface area (Å²) in [5.41, 5.74) is 3.52. The first kappa shape index (κ1) is 28.9. The van der Waals surface area contributed by atoms with Gasteiger partial charge in [0, 0.05) is 27.4 Å². The third-order valence-corrected chi connectivity index (χ3v) is 7.59. The molecule has 2 amide bonds. The van der Waals surface area contributed by atoms with Crippen molar-refractivity contribution < 1.29 is 14.3 Å². The fraction of sp³-hybridized carbons (Fsp3) is 0.333. The number of amides is 2. The van der Waals surface area contributed by atoms with Crippen LogP contribution in [0, 0.1) is 13.8 Å². The number of nitrogens with zero attached hydrogens (tertiary/aromatic N) is 1. The molecule has 0 bridgehead atoms. The summed E-state index contributed by atoms with van der Waals surface area (Å²) in [6.45, 7) is 9.89. The minimum absolute atomic E-state index is 0.175. The van der Waals surface area contributed by atoms with E-state index >= 15 is 0 Å². The molecule has 0 aliphatic rings. The lowest BCUT2D eigenvalue weighted by atomic mass is 10.0. The summed E-state index contributed by atoms with van der Waals surface area (Å²) in [5.74, 6) is 0.164. The first-order valence-electron chi connectivity index (χ1n) is 12.2. The normalized spacial score (nSPS) is 12.1. The van der Waals surface area contributed by atoms with Gasteiger partial charge in [-0.05, 0) is 81.1 Å². The average Bonchev–Trinajstić information content (AvgIpc) is 2.83. The Labute approximate surface area is 236 Å². The molecule has 0 aliphatic carbocycles. The Bertz CT molecular complexity index is 1200. The highest BCUT2D eigenvalue weighted by Crippen LogP contribution is 2.26. The van der Waals surface area contributed by atoms with Gasteiger partial charge in [0.25, 0.3) is 5.91 Å². The zero-order chi connectivity index (χ0) is 27.2. The lowest BCUT2D eigenvalue weighted by molar-refractivity contribution is -0.143. The molecular formula is C30H34Br2N2O3. The highest BCUT2D eigenvalue weighted by atomic mass is 79.9. The van der Waals surface area contributed by atoms with Crippen molar-refractivity contribution in [1.82, 2.24) is 10.2 Å². The third kappa shape index (κ3) is 8.71. The summed E-state index contributed by atoms with van der Waals surface area (Å²) in [5, 5.41) is 3.08. The van der Waals surface area contributed by atoms with Gasteiger partial charge in [0.1, 0.15) is 11.8 Å². The minimum Gasteiger partial charge on any atom is -0.484 e. The van der Waals surface area contributed by atoms with Gasteiger partial charge in [0.15, 0.2) is 6.61 Å². The van der Waals surface area contributed by atoms with Crippen molar-refractivity contribution in [1.29, 1.82) is 0 Å². The number of hydrogen-bond acceptors (Lipinski definition) is 3. The van der Waals surface area contributed by atoms with Crippen molar-refractivity contribution in [2.24, 2.45) is 0 Å². The molecule has 0 saturated heterocycles. The Kier molecular flexibility index (Phi) is 9.96. The van der Waals surface area contributed by atoms with Crippen LogP contribution in [-0.4, -0.2) is 34.9 Å². The SMILES string of the molecule is Cc1cc(OCC(=O)N(Cc2ccc(Br)cc2)C(Cc2ccccc2)C(=O)NC(C)(C)C)cc(C)c1Br. The Balaban J connectivity index is 1.94. The summed E-state index contributed by atoms with van der Waals surface area (Å²) in [6, 6.07) is 20.6. The molecule has 7 heteroatoms. The molecule has 0 radical (unpaired) electrons. The number of halogens is 2. The Morgan fingerprint density at radius 1 is 0.919 bits per heavy atom. The van der Waals surface area contributed by atoms with E-state index in [1.165, 1.54) is 0 Å². The van der Waals surface area contributed by atoms with Crippen LogP contribution in [0.5, 0.6) is 5.75 Å². The van der Waals surface area contributed by atoms with Gasteiger partial charge < -0.3 is 15.0 Å². The van der Waals surface area contributed by atoms with E-state index in [4.69, 9.17) is 4.74 Å². The molecule has 1 atom stereocenters. The largest absolute Gasteiger partial charge is 0.484 e. The smallest absolute Gasteiger partial charge is 0.261 e. The Morgan fingerprint density at radius 3 is 2.08 bits per heavy atom. The van der Waals surface area contributed by atoms with Crippen molar-refractivity contribution in [3.05, 3.63) is 97.9 Å². The van der Waals surface area contributed by atoms with Gasteiger partial charge in [-0.1, -0.05) is 74.3 Å². The van der Waals surface area contributed by atoms with Crippen LogP contribution in [-0.2, 0) is 22.6 Å². The second-order valence-electron chi connectivity index (χ2n) is 10.3. The molecule has 37 heavy (non-hydrogen) atoms. The fourth-order valence-corrected chi connectivity index (χ4v) is 4.50. The Morgan fingerprint density at radius 2 is 1.51 bits per heavy atom. The van der Waals surface area contributed by atoms with Crippen LogP contribution in [0.2, 0.25) is 0 Å². The van der Waals surface area contributed by atoms with Gasteiger partial charge in [-0.25, -0.2) is 0 Å². The third-order valence-electron chi connectivity index (χ3n) is 5.81. The first-order valence-corrected chi connectivity index (χ1v) is 13.8. The van der Waals surface area contributed by atoms with E-state index in [0.29, 0.717) is 12.2 Å². The van der Waals surface area contributed by atoms with Gasteiger partial charge in [-0.2, -0.15) is 0 Å². The number of nitrogens with one attached hydrogen (secondary N) is 1. The van der Waals surface area contributed by atoms with Crippen LogP contribution in [0.4, 0.5) is 0 Å². The highest BCUT2D eigenvalue weighted by molar-refractivity contribution is 9.10. The molecule has 1 unspecified atom stereocenters. The van der Waals surface area contributed by atoms with E-state index in [0.717, 1.165) is 31.2 Å². The maximum atomic E-state index is 13.7. The highest BCUT2D eigenvalue weighted by Gasteiger charge is 2.32. The maximum absolute atomic E-state index is 13.7. The molecule has 0 spiro atoms. The van der Waals surface area contributed by atoms with E-state index in [9.17, 15) is 9.59 Å². The molecule has 0 aromatic heterocycles. The maximum Gasteiger partial charge on any atom is 0.261 e. The zero-order valence-electron chi connectivity index (χ0n) is 22.0. The molecule has 0 aliphatic heterocycles. The molecule has 5 nitrogen and oxygen atoms in total. The van der Waals surface area contributed by atoms with Crippen LogP contribution < -0.4 is 10.1 Å². The van der Waals surface area contributed by atoms with Crippen LogP contribution in [0.3, 0.4) is 0 Å². The minimum atomic E-state index is -0.713. The number of carbonyl (C=O) groups excluding carboxylic acids is 2. The molecular weight excluding hydrogens is 596 g/mol. The number of ether oxygens (including phenoxy) is 1. The topological polar surface area (TPSA) is 58.6 Å². The van der Waals surface area contributed by atoms with E-state index in [1.54, 1.807) is 4.90 Å². The molecule has 3 aromatic carbocycles. The van der Waals surface area contributed by atoms with Crippen LogP contribution >= 0.6 is 31.9 Å². The first-order chi connectivity index (χ1) is 17.4. The van der Waals surface area contributed by atoms with E-state index < -0.39 is 11.6 Å². The average molecular weight is 630 g/mol. The zero-order valence-corrected chi connectivity index (χ0v) is 25.1. The quantitative estimate of drug-likeness (QED) is 0.284. The fourth-order valence-electron chi connectivity index (χ4n) is 4.01. The molecule has 196 valence electrons. The standard InChI is InChI=1S/C30H34Br2N2O3/c1-20-15-25(16-21(2)28(20)32)37-19-27(35)34(18-23-11-13-24(31)14-12-23)26(29(36)33-30(3,4)5)17-22-9-7-6-8-10-22/h6-16,26H,17-19H2,1-5H3,(H,33,36). The molecule has 0 heterocycles. The van der Waals surface area contributed by atoms with Gasteiger partial charge >= 0.3 is 0 Å². The summed E-state index contributed by atoms with van der Waals surface area (Å²) in [7, 11) is 0. The number of carbonyl (C=O) groups is 2. The second kappa shape index (κ2) is 12.7. The second-order valence-corrected chi connectivity index (χ2v) is 12.0. The lowest BCUT2D eigenvalue weighted by Gasteiger charge is -2.33. The number of rotatable bonds is 9. The van der Waals surface area contributed by atoms with Gasteiger partial charge in [-0.15, -0.1) is 0 Å². The van der Waals surface area contributed by atoms with Gasteiger partial charge in [-0.3, -0.25) is 9.59 Å². The van der Waals surface area contributed by atoms with Gasteiger partial charge in [0.2, 0.25) is 5.91 Å². The summed E-state index contributed by atoms with van der Waals surface area (Å²) >= 11 is 7.04. The van der Waals surface area contributed by atoms with Crippen molar-refractivity contribution in [2.45, 2.75) is 59.2 Å². The van der Waals surface area contributed by atoms with E-state index in [1.807, 2.05) is 101 Å². The van der Waals surface area contributed by atoms with E-state index in [2.05, 4.69) is 37.2 Å². The number of hydrogen-bond donors (Lipinski definition) is 1. The molecule has 1 N–H and O–H groups in total. The molecule has 0 saturated carbocycles. The lowest BCUT2D eigenvalue weighted by Crippen LogP contribution is -2.55. The molecule has 0 fully saturated rings. The van der Waals surface area contributed by atoms with Crippen molar-refractivity contribution in [3.63, 3.8) is 0 Å². The van der Waals surface area contributed by atoms with Gasteiger partial charge in [0.05, 0.1) is 0 Å². The van der Waals surface area contributed by atoms with E-state index in [-0.39, 0.29) is 25.0 Å². The summed E-state index contributed by atoms with van der Waals surface area (Å²) in [4.78, 5) is 29.0. The van der Waals surface area contributed by atoms with Crippen LogP contribution in [0.25, 0.3) is 0 Å². The van der Waals surface area contributed by atoms with Crippen LogP contribution in [0.15, 0.2) is 75.7 Å². The molecule has 3 aromatic rings. The van der Waals surface area contributed by atoms with Crippen molar-refractivity contribution >= 4 is 43.7 Å². The Hall–Kier alpha value is -2.64. The monoisotopic (exact) mass is 628 g/mol. The van der Waals surface area contributed by atoms with Crippen molar-refractivity contribution in [3.8, 4) is 5.75 Å². The molecule has 3 rings (SSSR count). The predicted molar refractivity (Wildman–Crippen MR) is 156 cm³/mol. The number of aryl methyl sites for hydroxylation is 2.